The third kappa shape index (κ3) is 20.7. The van der Waals surface area contributed by atoms with E-state index in [1.165, 1.54) is 36.8 Å². The molecule has 2 aliphatic carbocycles. The lowest BCUT2D eigenvalue weighted by atomic mass is 9.80. The van der Waals surface area contributed by atoms with E-state index in [1.54, 1.807) is 36.4 Å². The molecule has 52 heavy (non-hydrogen) atoms. The van der Waals surface area contributed by atoms with Crippen LogP contribution in [0.25, 0.3) is 0 Å². The van der Waals surface area contributed by atoms with Crippen molar-refractivity contribution in [2.45, 2.75) is 136 Å². The van der Waals surface area contributed by atoms with Crippen molar-refractivity contribution in [3.63, 3.8) is 0 Å². The van der Waals surface area contributed by atoms with Gasteiger partial charge in [0.15, 0.2) is 0 Å². The fourth-order valence-electron chi connectivity index (χ4n) is 6.04. The molecule has 2 atom stereocenters. The molecule has 1 aliphatic heterocycles. The van der Waals surface area contributed by atoms with Crippen LogP contribution in [0, 0.1) is 11.8 Å². The maximum absolute atomic E-state index is 12.4. The first-order valence-electron chi connectivity index (χ1n) is 19.2. The van der Waals surface area contributed by atoms with Crippen LogP contribution in [-0.4, -0.2) is 57.5 Å². The quantitative estimate of drug-likeness (QED) is 0.199. The molecule has 2 fully saturated rings. The lowest BCUT2D eigenvalue weighted by Gasteiger charge is -2.28. The number of nitrogens with zero attached hydrogens (tertiary/aromatic N) is 1. The molecule has 2 unspecified atom stereocenters. The number of carbonyl (C=O) groups excluding carboxylic acids is 1. The molecular weight excluding hydrogens is 671 g/mol. The second kappa shape index (κ2) is 32.4. The fraction of sp³-hybridized carbons (Fsp3) is 0.581. The molecule has 1 saturated carbocycles. The topological polar surface area (TPSA) is 128 Å². The van der Waals surface area contributed by atoms with Crippen molar-refractivity contribution in [3.05, 3.63) is 84.5 Å². The van der Waals surface area contributed by atoms with Gasteiger partial charge in [0.1, 0.15) is 12.5 Å². The summed E-state index contributed by atoms with van der Waals surface area (Å²) in [6.07, 6.45) is 18.4. The van der Waals surface area contributed by atoms with E-state index in [1.807, 2.05) is 51.8 Å². The lowest BCUT2D eigenvalue weighted by Crippen LogP contribution is -2.32. The van der Waals surface area contributed by atoms with Gasteiger partial charge in [-0.25, -0.2) is 13.1 Å². The Balaban J connectivity index is 0. The zero-order valence-corrected chi connectivity index (χ0v) is 34.6. The Morgan fingerprint density at radius 2 is 1.42 bits per heavy atom. The van der Waals surface area contributed by atoms with E-state index in [0.717, 1.165) is 64.4 Å². The van der Waals surface area contributed by atoms with Gasteiger partial charge in [0.25, 0.3) is 0 Å². The summed E-state index contributed by atoms with van der Waals surface area (Å²) in [7, 11) is -2.42. The number of unbranched alkanes of at least 4 members (excludes halogenated alkanes) is 2. The molecule has 4 N–H and O–H groups in total. The molecule has 3 aliphatic rings. The van der Waals surface area contributed by atoms with Crippen molar-refractivity contribution < 1.29 is 23.4 Å². The zero-order valence-electron chi connectivity index (χ0n) is 33.7. The number of benzene rings is 2. The van der Waals surface area contributed by atoms with Gasteiger partial charge in [-0.1, -0.05) is 95.9 Å². The maximum atomic E-state index is 12.4. The number of rotatable bonds is 8. The SMILES string of the molecule is C/C=C\C.C=CC.C=O.CCC.CCCCC.CO.O=S(=O)(NCC1CCC(CN=C2CC3c4ccc(O)cc4CCC3N2)CC1)c1ccccc1. The van der Waals surface area contributed by atoms with E-state index in [2.05, 4.69) is 50.4 Å². The molecule has 1 heterocycles. The lowest BCUT2D eigenvalue weighted by molar-refractivity contribution is -0.0980. The molecule has 8 nitrogen and oxygen atoms in total. The number of nitrogens with one attached hydrogen (secondary N) is 2. The zero-order chi connectivity index (χ0) is 39.8. The first kappa shape index (κ1) is 50.8. The average Bonchev–Trinajstić information content (AvgIpc) is 3.60. The normalized spacial score (nSPS) is 20.2. The summed E-state index contributed by atoms with van der Waals surface area (Å²) in [5, 5.41) is 20.4. The number of aliphatic imine (C=N–C) groups is 1. The minimum atomic E-state index is -3.42. The van der Waals surface area contributed by atoms with Gasteiger partial charge in [-0.05, 0) is 107 Å². The number of carbonyl (C=O) groups is 1. The predicted octanol–water partition coefficient (Wildman–Crippen LogP) is 9.78. The number of phenolic OH excluding ortho intramolecular Hbond substituents is 1. The molecule has 5 rings (SSSR count). The Kier molecular flexibility index (Phi) is 31.7. The van der Waals surface area contributed by atoms with Crippen LogP contribution in [-0.2, 0) is 21.2 Å². The van der Waals surface area contributed by atoms with Crippen molar-refractivity contribution in [2.75, 3.05) is 20.2 Å². The number of sulfonamides is 1. The molecule has 2 aromatic carbocycles. The summed E-state index contributed by atoms with van der Waals surface area (Å²) < 4.78 is 27.7. The number of allylic oxidation sites excluding steroid dienone is 3. The Bertz CT molecular complexity index is 1320. The summed E-state index contributed by atoms with van der Waals surface area (Å²) >= 11 is 0. The summed E-state index contributed by atoms with van der Waals surface area (Å²) in [6, 6.07) is 14.8. The van der Waals surface area contributed by atoms with Gasteiger partial charge in [0.2, 0.25) is 10.0 Å². The van der Waals surface area contributed by atoms with Gasteiger partial charge in [-0.15, -0.1) is 6.58 Å². The van der Waals surface area contributed by atoms with E-state index in [9.17, 15) is 13.5 Å². The van der Waals surface area contributed by atoms with E-state index < -0.39 is 10.0 Å². The number of hydrogen-bond acceptors (Lipinski definition) is 6. The van der Waals surface area contributed by atoms with Crippen LogP contribution >= 0.6 is 0 Å². The number of aryl methyl sites for hydroxylation is 1. The summed E-state index contributed by atoms with van der Waals surface area (Å²) in [6.45, 7) is 21.3. The van der Waals surface area contributed by atoms with Crippen molar-refractivity contribution in [1.82, 2.24) is 10.0 Å². The van der Waals surface area contributed by atoms with Crippen LogP contribution < -0.4 is 10.0 Å². The van der Waals surface area contributed by atoms with Gasteiger partial charge in [-0.2, -0.15) is 0 Å². The van der Waals surface area contributed by atoms with Crippen molar-refractivity contribution in [1.29, 1.82) is 0 Å². The minimum absolute atomic E-state index is 0.332. The van der Waals surface area contributed by atoms with Gasteiger partial charge < -0.3 is 20.3 Å². The van der Waals surface area contributed by atoms with Gasteiger partial charge in [-0.3, -0.25) is 4.99 Å². The first-order chi connectivity index (χ1) is 25.1. The van der Waals surface area contributed by atoms with Crippen molar-refractivity contribution >= 4 is 22.6 Å². The smallest absolute Gasteiger partial charge is 0.240 e. The number of aliphatic hydroxyl groups excluding tert-OH is 1. The standard InChI is InChI=1S/C26H33N3O3S.C5H12.C4H8.C3H8.C3H6.CH4O.CH2O/c30-21-11-12-23-20(14-21)10-13-25-24(23)15-26(29-25)27-16-18-6-8-19(9-7-18)17-28-33(31,32)22-4-2-1-3-5-22;1-3-5-4-2;1-3-4-2;2*1-3-2;2*1-2/h1-5,11-12,14,18-19,24-25,28,30H,6-10,13,15-17H2,(H,27,29);3-5H2,1-2H3;3-4H,1-2H3;3H2,1-2H3;3H,1H2,2H3;2H,1H3;1H2/b;;4-3-;;;;. The Hall–Kier alpha value is -3.27. The van der Waals surface area contributed by atoms with Crippen molar-refractivity contribution in [3.8, 4) is 5.75 Å². The molecule has 0 radical (unpaired) electrons. The number of fused-ring (bicyclic) bond motifs is 3. The van der Waals surface area contributed by atoms with Gasteiger partial charge in [0.05, 0.1) is 10.7 Å². The molecule has 0 aromatic heterocycles. The van der Waals surface area contributed by atoms with Gasteiger partial charge >= 0.3 is 0 Å². The van der Waals surface area contributed by atoms with Crippen LogP contribution in [0.3, 0.4) is 0 Å². The van der Waals surface area contributed by atoms with Crippen LogP contribution in [0.2, 0.25) is 0 Å². The largest absolute Gasteiger partial charge is 0.508 e. The van der Waals surface area contributed by atoms with E-state index >= 15 is 0 Å². The molecule has 0 amide bonds. The molecule has 0 bridgehead atoms. The predicted molar refractivity (Wildman–Crippen MR) is 223 cm³/mol. The minimum Gasteiger partial charge on any atom is -0.508 e. The number of aromatic hydroxyl groups is 1. The number of amidine groups is 1. The fourth-order valence-corrected chi connectivity index (χ4v) is 7.17. The first-order valence-corrected chi connectivity index (χ1v) is 20.7. The number of hydrogen-bond donors (Lipinski definition) is 4. The van der Waals surface area contributed by atoms with Crippen LogP contribution in [0.5, 0.6) is 5.75 Å². The number of phenols is 1. The van der Waals surface area contributed by atoms with Crippen LogP contribution in [0.15, 0.2) is 83.2 Å². The second-order valence-electron chi connectivity index (χ2n) is 13.0. The average molecular weight is 744 g/mol. The summed E-state index contributed by atoms with van der Waals surface area (Å²) in [5.74, 6) is 2.92. The van der Waals surface area contributed by atoms with E-state index in [4.69, 9.17) is 14.9 Å². The van der Waals surface area contributed by atoms with Crippen LogP contribution in [0.1, 0.15) is 130 Å². The highest BCUT2D eigenvalue weighted by Crippen LogP contribution is 2.39. The maximum Gasteiger partial charge on any atom is 0.240 e. The Labute approximate surface area is 318 Å². The highest BCUT2D eigenvalue weighted by molar-refractivity contribution is 7.89. The monoisotopic (exact) mass is 744 g/mol. The molecular formula is C43H73N3O5S. The number of aliphatic hydroxyl groups is 1. The highest BCUT2D eigenvalue weighted by Gasteiger charge is 2.36. The molecule has 2 aromatic rings. The molecule has 9 heteroatoms. The van der Waals surface area contributed by atoms with Gasteiger partial charge in [0, 0.05) is 38.6 Å². The highest BCUT2D eigenvalue weighted by atomic mass is 32.2. The third-order valence-electron chi connectivity index (χ3n) is 8.66. The second-order valence-corrected chi connectivity index (χ2v) is 14.7. The Morgan fingerprint density at radius 1 is 0.885 bits per heavy atom. The summed E-state index contributed by atoms with van der Waals surface area (Å²) in [5.41, 5.74) is 2.64. The van der Waals surface area contributed by atoms with Crippen LogP contribution in [0.4, 0.5) is 0 Å². The van der Waals surface area contributed by atoms with E-state index in [-0.39, 0.29) is 0 Å². The summed E-state index contributed by atoms with van der Waals surface area (Å²) in [4.78, 5) is 13.3. The van der Waals surface area contributed by atoms with Crippen molar-refractivity contribution in [2.24, 2.45) is 16.8 Å². The Morgan fingerprint density at radius 3 is 1.92 bits per heavy atom. The third-order valence-corrected chi connectivity index (χ3v) is 10.1. The molecule has 296 valence electrons. The molecule has 1 saturated heterocycles. The molecule has 0 spiro atoms. The van der Waals surface area contributed by atoms with E-state index in [0.29, 0.717) is 41.0 Å².